The number of imidazole rings is 2. The number of carbonyl (C=O) groups excluding carboxylic acids is 2. The van der Waals surface area contributed by atoms with Crippen molar-refractivity contribution in [1.82, 2.24) is 24.9 Å². The predicted molar refractivity (Wildman–Crippen MR) is 128 cm³/mol. The molecule has 3 aromatic heterocycles. The largest absolute Gasteiger partial charge is 0.348 e. The summed E-state index contributed by atoms with van der Waals surface area (Å²) < 4.78 is 0. The van der Waals surface area contributed by atoms with E-state index in [1.165, 1.54) is 19.3 Å². The Morgan fingerprint density at radius 1 is 0.941 bits per heavy atom. The number of ketones is 2. The average Bonchev–Trinajstić information content (AvgIpc) is 3.52. The SMILES string of the molecule is O=C(Cc1nc2c(C(=O)Cc3ncc[nH]3)cccc2[nH]1)c1cccc(C#CC2CCCCC2)n1. The van der Waals surface area contributed by atoms with Crippen LogP contribution in [0.3, 0.4) is 0 Å². The number of nitrogens with zero attached hydrogens (tertiary/aromatic N) is 3. The zero-order chi connectivity index (χ0) is 23.3. The zero-order valence-electron chi connectivity index (χ0n) is 18.8. The van der Waals surface area contributed by atoms with E-state index in [2.05, 4.69) is 36.8 Å². The lowest BCUT2D eigenvalue weighted by molar-refractivity contribution is 0.0981. The number of para-hydroxylation sites is 1. The number of pyridine rings is 1. The van der Waals surface area contributed by atoms with E-state index in [4.69, 9.17) is 0 Å². The van der Waals surface area contributed by atoms with E-state index in [9.17, 15) is 9.59 Å². The number of aromatic amines is 2. The lowest BCUT2D eigenvalue weighted by atomic mass is 9.90. The molecule has 0 aliphatic heterocycles. The van der Waals surface area contributed by atoms with Crippen molar-refractivity contribution in [1.29, 1.82) is 0 Å². The van der Waals surface area contributed by atoms with Gasteiger partial charge >= 0.3 is 0 Å². The van der Waals surface area contributed by atoms with Crippen LogP contribution in [0.15, 0.2) is 48.8 Å². The van der Waals surface area contributed by atoms with Crippen LogP contribution in [0.4, 0.5) is 0 Å². The second kappa shape index (κ2) is 9.84. The monoisotopic (exact) mass is 451 g/mol. The fourth-order valence-corrected chi connectivity index (χ4v) is 4.36. The Hall–Kier alpha value is -4.05. The van der Waals surface area contributed by atoms with Gasteiger partial charge < -0.3 is 9.97 Å². The number of benzene rings is 1. The normalized spacial score (nSPS) is 14.0. The first-order valence-corrected chi connectivity index (χ1v) is 11.7. The first-order valence-electron chi connectivity index (χ1n) is 11.7. The highest BCUT2D eigenvalue weighted by atomic mass is 16.1. The topological polar surface area (TPSA) is 104 Å². The van der Waals surface area contributed by atoms with Gasteiger partial charge in [-0.3, -0.25) is 9.59 Å². The molecular formula is C27H25N5O2. The molecule has 1 aliphatic rings. The van der Waals surface area contributed by atoms with Crippen LogP contribution in [0.1, 0.15) is 70.3 Å². The first-order chi connectivity index (χ1) is 16.7. The van der Waals surface area contributed by atoms with Crippen molar-refractivity contribution in [3.8, 4) is 11.8 Å². The van der Waals surface area contributed by atoms with E-state index in [0.717, 1.165) is 12.8 Å². The summed E-state index contributed by atoms with van der Waals surface area (Å²) in [4.78, 5) is 45.0. The second-order valence-corrected chi connectivity index (χ2v) is 8.63. The number of hydrogen-bond donors (Lipinski definition) is 2. The number of fused-ring (bicyclic) bond motifs is 1. The summed E-state index contributed by atoms with van der Waals surface area (Å²) in [7, 11) is 0. The van der Waals surface area contributed by atoms with E-state index < -0.39 is 0 Å². The van der Waals surface area contributed by atoms with Crippen molar-refractivity contribution in [2.45, 2.75) is 44.9 Å². The molecule has 34 heavy (non-hydrogen) atoms. The third-order valence-corrected chi connectivity index (χ3v) is 6.12. The molecule has 0 spiro atoms. The molecule has 4 aromatic rings. The highest BCUT2D eigenvalue weighted by Crippen LogP contribution is 2.23. The van der Waals surface area contributed by atoms with E-state index in [1.807, 2.05) is 18.2 Å². The van der Waals surface area contributed by atoms with Gasteiger partial charge in [-0.2, -0.15) is 0 Å². The number of carbonyl (C=O) groups is 2. The minimum absolute atomic E-state index is 0.0625. The van der Waals surface area contributed by atoms with Gasteiger partial charge in [0.05, 0.1) is 23.9 Å². The molecule has 7 heteroatoms. The molecular weight excluding hydrogens is 426 g/mol. The lowest BCUT2D eigenvalue weighted by Crippen LogP contribution is -2.08. The Bertz CT molecular complexity index is 1390. The van der Waals surface area contributed by atoms with Crippen molar-refractivity contribution in [2.24, 2.45) is 5.92 Å². The smallest absolute Gasteiger partial charge is 0.188 e. The van der Waals surface area contributed by atoms with Crippen LogP contribution in [0.25, 0.3) is 11.0 Å². The average molecular weight is 452 g/mol. The fourth-order valence-electron chi connectivity index (χ4n) is 4.36. The summed E-state index contributed by atoms with van der Waals surface area (Å²) in [5, 5.41) is 0. The van der Waals surface area contributed by atoms with Gasteiger partial charge in [-0.25, -0.2) is 15.0 Å². The van der Waals surface area contributed by atoms with Crippen molar-refractivity contribution < 1.29 is 9.59 Å². The number of Topliss-reactive ketones (excluding diaryl/α,β-unsaturated/α-hetero) is 2. The number of H-pyrrole nitrogens is 2. The summed E-state index contributed by atoms with van der Waals surface area (Å²) in [6.07, 6.45) is 9.57. The van der Waals surface area contributed by atoms with Crippen LogP contribution in [0, 0.1) is 17.8 Å². The molecule has 1 saturated carbocycles. The third kappa shape index (κ3) is 4.96. The molecule has 1 aliphatic carbocycles. The van der Waals surface area contributed by atoms with Crippen LogP contribution in [0.5, 0.6) is 0 Å². The van der Waals surface area contributed by atoms with E-state index in [0.29, 0.717) is 45.6 Å². The molecule has 0 bridgehead atoms. The quantitative estimate of drug-likeness (QED) is 0.333. The predicted octanol–water partition coefficient (Wildman–Crippen LogP) is 4.46. The van der Waals surface area contributed by atoms with E-state index >= 15 is 0 Å². The van der Waals surface area contributed by atoms with Crippen molar-refractivity contribution in [3.63, 3.8) is 0 Å². The number of nitrogens with one attached hydrogen (secondary N) is 2. The molecule has 1 fully saturated rings. The lowest BCUT2D eigenvalue weighted by Gasteiger charge is -2.15. The maximum Gasteiger partial charge on any atom is 0.188 e. The Morgan fingerprint density at radius 2 is 1.76 bits per heavy atom. The van der Waals surface area contributed by atoms with Crippen molar-refractivity contribution >= 4 is 22.6 Å². The van der Waals surface area contributed by atoms with E-state index in [1.54, 1.807) is 30.6 Å². The summed E-state index contributed by atoms with van der Waals surface area (Å²) in [6.45, 7) is 0. The standard InChI is InChI=1S/C27H25N5O2/c33-23(16-25-28-14-15-29-25)20-9-5-11-22-27(20)32-26(31-22)17-24(34)21-10-4-8-19(30-21)13-12-18-6-2-1-3-7-18/h4-5,8-11,14-15,18H,1-3,6-7,16-17H2,(H,28,29)(H,31,32). The van der Waals surface area contributed by atoms with Crippen molar-refractivity contribution in [3.05, 3.63) is 77.4 Å². The maximum absolute atomic E-state index is 12.9. The minimum Gasteiger partial charge on any atom is -0.348 e. The maximum atomic E-state index is 12.9. The molecule has 2 N–H and O–H groups in total. The van der Waals surface area contributed by atoms with Gasteiger partial charge in [-0.1, -0.05) is 37.3 Å². The second-order valence-electron chi connectivity index (χ2n) is 8.63. The highest BCUT2D eigenvalue weighted by Gasteiger charge is 2.17. The van der Waals surface area contributed by atoms with Gasteiger partial charge in [-0.15, -0.1) is 0 Å². The third-order valence-electron chi connectivity index (χ3n) is 6.12. The van der Waals surface area contributed by atoms with Crippen LogP contribution in [-0.2, 0) is 12.8 Å². The minimum atomic E-state index is -0.149. The summed E-state index contributed by atoms with van der Waals surface area (Å²) in [5.74, 6) is 7.76. The molecule has 3 heterocycles. The van der Waals surface area contributed by atoms with Crippen LogP contribution in [0.2, 0.25) is 0 Å². The summed E-state index contributed by atoms with van der Waals surface area (Å²) >= 11 is 0. The Kier molecular flexibility index (Phi) is 6.30. The zero-order valence-corrected chi connectivity index (χ0v) is 18.8. The molecule has 1 aromatic carbocycles. The van der Waals surface area contributed by atoms with Crippen molar-refractivity contribution in [2.75, 3.05) is 0 Å². The summed E-state index contributed by atoms with van der Waals surface area (Å²) in [5.41, 5.74) is 2.76. The number of aromatic nitrogens is 5. The van der Waals surface area contributed by atoms with Gasteiger partial charge in [0, 0.05) is 23.9 Å². The first kappa shape index (κ1) is 21.8. The fraction of sp³-hybridized carbons (Fsp3) is 0.296. The van der Waals surface area contributed by atoms with Crippen LogP contribution in [-0.4, -0.2) is 36.5 Å². The van der Waals surface area contributed by atoms with Gasteiger partial charge in [0.25, 0.3) is 0 Å². The highest BCUT2D eigenvalue weighted by molar-refractivity contribution is 6.07. The van der Waals surface area contributed by atoms with Gasteiger partial charge in [0.1, 0.15) is 23.0 Å². The Balaban J connectivity index is 1.32. The molecule has 0 radical (unpaired) electrons. The molecule has 0 amide bonds. The molecule has 0 saturated heterocycles. The molecule has 0 unspecified atom stereocenters. The van der Waals surface area contributed by atoms with Crippen LogP contribution >= 0.6 is 0 Å². The number of hydrogen-bond acceptors (Lipinski definition) is 5. The number of rotatable bonds is 6. The Morgan fingerprint density at radius 3 is 2.59 bits per heavy atom. The molecule has 5 rings (SSSR count). The van der Waals surface area contributed by atoms with Gasteiger partial charge in [0.2, 0.25) is 0 Å². The molecule has 0 atom stereocenters. The Labute approximate surface area is 197 Å². The van der Waals surface area contributed by atoms with Gasteiger partial charge in [-0.05, 0) is 43.0 Å². The van der Waals surface area contributed by atoms with E-state index in [-0.39, 0.29) is 24.4 Å². The van der Waals surface area contributed by atoms with Crippen LogP contribution < -0.4 is 0 Å². The van der Waals surface area contributed by atoms with Gasteiger partial charge in [0.15, 0.2) is 11.6 Å². The molecule has 7 nitrogen and oxygen atoms in total. The molecule has 170 valence electrons. The summed E-state index contributed by atoms with van der Waals surface area (Å²) in [6, 6.07) is 10.8.